The molecule has 0 atom stereocenters. The van der Waals surface area contributed by atoms with Crippen molar-refractivity contribution in [1.82, 2.24) is 15.3 Å². The number of benzene rings is 1. The first-order valence-electron chi connectivity index (χ1n) is 6.34. The van der Waals surface area contributed by atoms with Gasteiger partial charge in [-0.25, -0.2) is 9.97 Å². The Morgan fingerprint density at radius 1 is 1.11 bits per heavy atom. The molecule has 0 unspecified atom stereocenters. The Kier molecular flexibility index (Phi) is 2.38. The van der Waals surface area contributed by atoms with Gasteiger partial charge in [0.25, 0.3) is 0 Å². The molecule has 19 heavy (non-hydrogen) atoms. The molecular formula is C14H13N3O2. The zero-order valence-electron chi connectivity index (χ0n) is 10.3. The first-order valence-corrected chi connectivity index (χ1v) is 6.34. The lowest BCUT2D eigenvalue weighted by molar-refractivity contribution is 0.174. The molecule has 2 aromatic rings. The summed E-state index contributed by atoms with van der Waals surface area (Å²) in [5, 5.41) is 3.24. The van der Waals surface area contributed by atoms with Crippen LogP contribution in [0.1, 0.15) is 11.7 Å². The fourth-order valence-corrected chi connectivity index (χ4v) is 2.26. The highest BCUT2D eigenvalue weighted by molar-refractivity contribution is 5.64. The average Bonchev–Trinajstić information content (AvgIpc) is 2.84. The first-order chi connectivity index (χ1) is 9.40. The Balaban J connectivity index is 1.71. The molecule has 2 aliphatic heterocycles. The fraction of sp³-hybridized carbons (Fsp3) is 0.286. The highest BCUT2D eigenvalue weighted by atomic mass is 16.7. The largest absolute Gasteiger partial charge is 0.454 e. The molecule has 0 spiro atoms. The lowest BCUT2D eigenvalue weighted by Crippen LogP contribution is -2.40. The van der Waals surface area contributed by atoms with Gasteiger partial charge in [0.1, 0.15) is 5.82 Å². The van der Waals surface area contributed by atoms with E-state index in [1.807, 2.05) is 30.5 Å². The Morgan fingerprint density at radius 2 is 2.00 bits per heavy atom. The standard InChI is InChI=1S/C14H13N3O2/c1-2-12-13(19-8-18-12)5-9(1)11-3-4-16-14(17-11)10-6-15-7-10/h1-5,10,15H,6-8H2. The Labute approximate surface area is 110 Å². The van der Waals surface area contributed by atoms with Gasteiger partial charge in [0.2, 0.25) is 6.79 Å². The number of aromatic nitrogens is 2. The van der Waals surface area contributed by atoms with Gasteiger partial charge in [0.15, 0.2) is 11.5 Å². The van der Waals surface area contributed by atoms with Crippen LogP contribution in [-0.4, -0.2) is 29.9 Å². The zero-order valence-corrected chi connectivity index (χ0v) is 10.3. The molecule has 1 saturated heterocycles. The maximum Gasteiger partial charge on any atom is 0.231 e. The fourth-order valence-electron chi connectivity index (χ4n) is 2.26. The third-order valence-corrected chi connectivity index (χ3v) is 3.49. The molecule has 0 radical (unpaired) electrons. The van der Waals surface area contributed by atoms with E-state index >= 15 is 0 Å². The van der Waals surface area contributed by atoms with Crippen molar-refractivity contribution in [2.75, 3.05) is 19.9 Å². The summed E-state index contributed by atoms with van der Waals surface area (Å²) in [6.07, 6.45) is 1.82. The number of nitrogens with zero attached hydrogens (tertiary/aromatic N) is 2. The molecule has 1 N–H and O–H groups in total. The molecule has 5 heteroatoms. The van der Waals surface area contributed by atoms with Crippen LogP contribution in [0.15, 0.2) is 30.5 Å². The van der Waals surface area contributed by atoms with E-state index in [1.54, 1.807) is 0 Å². The van der Waals surface area contributed by atoms with Crippen LogP contribution in [0.5, 0.6) is 11.5 Å². The van der Waals surface area contributed by atoms with E-state index in [4.69, 9.17) is 9.47 Å². The van der Waals surface area contributed by atoms with Crippen LogP contribution in [0.25, 0.3) is 11.3 Å². The predicted molar refractivity (Wildman–Crippen MR) is 69.2 cm³/mol. The Morgan fingerprint density at radius 3 is 2.84 bits per heavy atom. The minimum atomic E-state index is 0.293. The summed E-state index contributed by atoms with van der Waals surface area (Å²) in [7, 11) is 0. The highest BCUT2D eigenvalue weighted by Crippen LogP contribution is 2.35. The predicted octanol–water partition coefficient (Wildman–Crippen LogP) is 1.56. The van der Waals surface area contributed by atoms with E-state index in [1.165, 1.54) is 0 Å². The third kappa shape index (κ3) is 1.82. The summed E-state index contributed by atoms with van der Waals surface area (Å²) in [5.74, 6) is 2.92. The second-order valence-electron chi connectivity index (χ2n) is 4.72. The van der Waals surface area contributed by atoms with Crippen LogP contribution in [0.3, 0.4) is 0 Å². The molecule has 1 fully saturated rings. The van der Waals surface area contributed by atoms with Crippen molar-refractivity contribution in [2.24, 2.45) is 0 Å². The molecular weight excluding hydrogens is 242 g/mol. The minimum Gasteiger partial charge on any atom is -0.454 e. The average molecular weight is 255 g/mol. The quantitative estimate of drug-likeness (QED) is 0.882. The first kappa shape index (κ1) is 10.8. The van der Waals surface area contributed by atoms with E-state index in [9.17, 15) is 0 Å². The maximum atomic E-state index is 5.40. The van der Waals surface area contributed by atoms with E-state index in [2.05, 4.69) is 15.3 Å². The molecule has 2 aliphatic rings. The van der Waals surface area contributed by atoms with Gasteiger partial charge in [-0.1, -0.05) is 0 Å². The zero-order chi connectivity index (χ0) is 12.7. The van der Waals surface area contributed by atoms with Gasteiger partial charge in [-0.15, -0.1) is 0 Å². The van der Waals surface area contributed by atoms with E-state index in [0.717, 1.165) is 41.7 Å². The summed E-state index contributed by atoms with van der Waals surface area (Å²) < 4.78 is 10.7. The van der Waals surface area contributed by atoms with Gasteiger partial charge in [-0.05, 0) is 24.3 Å². The third-order valence-electron chi connectivity index (χ3n) is 3.49. The molecule has 96 valence electrons. The van der Waals surface area contributed by atoms with Crippen molar-refractivity contribution >= 4 is 0 Å². The van der Waals surface area contributed by atoms with Crippen molar-refractivity contribution in [1.29, 1.82) is 0 Å². The SMILES string of the molecule is c1cc(-c2ccc3c(c2)OCO3)nc(C2CNC2)n1. The number of fused-ring (bicyclic) bond motifs is 1. The van der Waals surface area contributed by atoms with Crippen molar-refractivity contribution in [2.45, 2.75) is 5.92 Å². The summed E-state index contributed by atoms with van der Waals surface area (Å²) in [6, 6.07) is 7.81. The van der Waals surface area contributed by atoms with Crippen LogP contribution >= 0.6 is 0 Å². The lowest BCUT2D eigenvalue weighted by atomic mass is 10.0. The second-order valence-corrected chi connectivity index (χ2v) is 4.72. The second kappa shape index (κ2) is 4.20. The molecule has 1 aromatic carbocycles. The molecule has 4 rings (SSSR count). The highest BCUT2D eigenvalue weighted by Gasteiger charge is 2.22. The van der Waals surface area contributed by atoms with E-state index in [-0.39, 0.29) is 0 Å². The number of rotatable bonds is 2. The van der Waals surface area contributed by atoms with Gasteiger partial charge < -0.3 is 14.8 Å². The van der Waals surface area contributed by atoms with Crippen LogP contribution in [-0.2, 0) is 0 Å². The van der Waals surface area contributed by atoms with Gasteiger partial charge in [-0.2, -0.15) is 0 Å². The van der Waals surface area contributed by atoms with Crippen LogP contribution in [0, 0.1) is 0 Å². The normalized spacial score (nSPS) is 17.3. The monoisotopic (exact) mass is 255 g/mol. The van der Waals surface area contributed by atoms with Crippen LogP contribution in [0.2, 0.25) is 0 Å². The van der Waals surface area contributed by atoms with E-state index in [0.29, 0.717) is 12.7 Å². The Hall–Kier alpha value is -2.14. The molecule has 5 nitrogen and oxygen atoms in total. The van der Waals surface area contributed by atoms with Crippen LogP contribution < -0.4 is 14.8 Å². The van der Waals surface area contributed by atoms with Gasteiger partial charge >= 0.3 is 0 Å². The molecule has 0 bridgehead atoms. The van der Waals surface area contributed by atoms with Gasteiger partial charge in [-0.3, -0.25) is 0 Å². The lowest BCUT2D eigenvalue weighted by Gasteiger charge is -2.25. The summed E-state index contributed by atoms with van der Waals surface area (Å²) in [4.78, 5) is 9.00. The summed E-state index contributed by atoms with van der Waals surface area (Å²) in [6.45, 7) is 2.22. The molecule has 0 aliphatic carbocycles. The summed E-state index contributed by atoms with van der Waals surface area (Å²) >= 11 is 0. The smallest absolute Gasteiger partial charge is 0.231 e. The van der Waals surface area contributed by atoms with Gasteiger partial charge in [0.05, 0.1) is 5.69 Å². The number of ether oxygens (including phenoxy) is 2. The van der Waals surface area contributed by atoms with Crippen molar-refractivity contribution < 1.29 is 9.47 Å². The minimum absolute atomic E-state index is 0.293. The molecule has 3 heterocycles. The molecule has 1 aromatic heterocycles. The maximum absolute atomic E-state index is 5.40. The van der Waals surface area contributed by atoms with Crippen LogP contribution in [0.4, 0.5) is 0 Å². The van der Waals surface area contributed by atoms with E-state index < -0.39 is 0 Å². The molecule has 0 saturated carbocycles. The number of nitrogens with one attached hydrogen (secondary N) is 1. The van der Waals surface area contributed by atoms with Crippen molar-refractivity contribution in [3.05, 3.63) is 36.3 Å². The number of hydrogen-bond acceptors (Lipinski definition) is 5. The van der Waals surface area contributed by atoms with Crippen molar-refractivity contribution in [3.63, 3.8) is 0 Å². The Bertz CT molecular complexity index is 626. The van der Waals surface area contributed by atoms with Gasteiger partial charge in [0, 0.05) is 30.8 Å². The number of hydrogen-bond donors (Lipinski definition) is 1. The molecule has 0 amide bonds. The van der Waals surface area contributed by atoms with Crippen molar-refractivity contribution in [3.8, 4) is 22.8 Å². The topological polar surface area (TPSA) is 56.3 Å². The summed E-state index contributed by atoms with van der Waals surface area (Å²) in [5.41, 5.74) is 1.95.